The fourth-order valence-electron chi connectivity index (χ4n) is 3.19. The molecule has 1 aromatic carbocycles. The number of nitrogens with zero attached hydrogens (tertiary/aromatic N) is 2. The molecule has 0 bridgehead atoms. The summed E-state index contributed by atoms with van der Waals surface area (Å²) in [4.78, 5) is 30.2. The van der Waals surface area contributed by atoms with Crippen molar-refractivity contribution in [3.8, 4) is 0 Å². The van der Waals surface area contributed by atoms with E-state index in [-0.39, 0.29) is 18.0 Å². The fraction of sp³-hybridized carbons (Fsp3) is 0.381. The minimum atomic E-state index is -0.211. The molecule has 148 valence electrons. The highest BCUT2D eigenvalue weighted by atomic mass is 16.5. The van der Waals surface area contributed by atoms with Gasteiger partial charge in [-0.25, -0.2) is 4.79 Å². The van der Waals surface area contributed by atoms with Gasteiger partial charge in [0.05, 0.1) is 6.10 Å². The number of hydrogen-bond acceptors (Lipinski definition) is 4. The van der Waals surface area contributed by atoms with Crippen LogP contribution < -0.4 is 10.6 Å². The zero-order valence-electron chi connectivity index (χ0n) is 16.3. The Hall–Kier alpha value is -2.93. The van der Waals surface area contributed by atoms with Crippen molar-refractivity contribution in [2.24, 2.45) is 0 Å². The van der Waals surface area contributed by atoms with Crippen molar-refractivity contribution in [2.45, 2.75) is 39.3 Å². The number of aryl methyl sites for hydroxylation is 1. The van der Waals surface area contributed by atoms with Gasteiger partial charge in [0.15, 0.2) is 0 Å². The van der Waals surface area contributed by atoms with Gasteiger partial charge in [-0.15, -0.1) is 0 Å². The second kappa shape index (κ2) is 9.32. The summed E-state index contributed by atoms with van der Waals surface area (Å²) < 4.78 is 5.72. The molecule has 28 heavy (non-hydrogen) atoms. The monoisotopic (exact) mass is 382 g/mol. The van der Waals surface area contributed by atoms with Crippen LogP contribution in [-0.2, 0) is 16.1 Å². The molecule has 7 heteroatoms. The number of nitrogens with one attached hydrogen (secondary N) is 2. The number of aromatic nitrogens is 1. The third-order valence-electron chi connectivity index (χ3n) is 4.63. The summed E-state index contributed by atoms with van der Waals surface area (Å²) in [5.74, 6) is -0.150. The SMILES string of the molecule is CC(=O)Nc1cc(NC(=O)N(Cc2cccnc2)CC2CCCO2)ccc1C. The van der Waals surface area contributed by atoms with Gasteiger partial charge >= 0.3 is 6.03 Å². The molecule has 3 amide bonds. The number of carbonyl (C=O) groups excluding carboxylic acids is 2. The molecule has 7 nitrogen and oxygen atoms in total. The van der Waals surface area contributed by atoms with E-state index in [0.717, 1.165) is 30.6 Å². The van der Waals surface area contributed by atoms with Crippen LogP contribution >= 0.6 is 0 Å². The zero-order valence-corrected chi connectivity index (χ0v) is 16.3. The van der Waals surface area contributed by atoms with E-state index in [1.165, 1.54) is 6.92 Å². The van der Waals surface area contributed by atoms with Crippen LogP contribution in [0.15, 0.2) is 42.7 Å². The van der Waals surface area contributed by atoms with Gasteiger partial charge in [0.2, 0.25) is 5.91 Å². The lowest BCUT2D eigenvalue weighted by molar-refractivity contribution is -0.114. The molecule has 1 aromatic heterocycles. The topological polar surface area (TPSA) is 83.6 Å². The van der Waals surface area contributed by atoms with Crippen molar-refractivity contribution in [3.05, 3.63) is 53.9 Å². The fourth-order valence-corrected chi connectivity index (χ4v) is 3.19. The predicted molar refractivity (Wildman–Crippen MR) is 108 cm³/mol. The number of amides is 3. The first kappa shape index (κ1) is 19.8. The molecule has 2 aromatic rings. The Balaban J connectivity index is 1.73. The van der Waals surface area contributed by atoms with Crippen LogP contribution in [-0.4, -0.2) is 41.1 Å². The van der Waals surface area contributed by atoms with Gasteiger partial charge in [0.25, 0.3) is 0 Å². The largest absolute Gasteiger partial charge is 0.376 e. The van der Waals surface area contributed by atoms with E-state index >= 15 is 0 Å². The molecule has 0 saturated carbocycles. The molecule has 1 saturated heterocycles. The summed E-state index contributed by atoms with van der Waals surface area (Å²) in [6.45, 7) is 5.07. The van der Waals surface area contributed by atoms with Crippen LogP contribution in [0.5, 0.6) is 0 Å². The van der Waals surface area contributed by atoms with E-state index in [1.807, 2.05) is 31.2 Å². The van der Waals surface area contributed by atoms with Crippen molar-refractivity contribution >= 4 is 23.3 Å². The highest BCUT2D eigenvalue weighted by Gasteiger charge is 2.23. The lowest BCUT2D eigenvalue weighted by Gasteiger charge is -2.26. The lowest BCUT2D eigenvalue weighted by atomic mass is 10.1. The number of carbonyl (C=O) groups is 2. The minimum Gasteiger partial charge on any atom is -0.376 e. The maximum absolute atomic E-state index is 13.0. The summed E-state index contributed by atoms with van der Waals surface area (Å²) >= 11 is 0. The van der Waals surface area contributed by atoms with Gasteiger partial charge in [-0.1, -0.05) is 12.1 Å². The van der Waals surface area contributed by atoms with Crippen molar-refractivity contribution in [1.82, 2.24) is 9.88 Å². The van der Waals surface area contributed by atoms with Crippen LogP contribution in [0, 0.1) is 6.92 Å². The first-order valence-corrected chi connectivity index (χ1v) is 9.46. The number of benzene rings is 1. The molecule has 1 aliphatic rings. The van der Waals surface area contributed by atoms with Gasteiger partial charge in [-0.3, -0.25) is 9.78 Å². The standard InChI is InChI=1S/C21H26N4O3/c1-15-7-8-18(11-20(15)23-16(2)26)24-21(27)25(14-19-6-4-10-28-19)13-17-5-3-9-22-12-17/h3,5,7-9,11-12,19H,4,6,10,13-14H2,1-2H3,(H,23,26)(H,24,27). The number of urea groups is 1. The van der Waals surface area contributed by atoms with Gasteiger partial charge < -0.3 is 20.3 Å². The first-order chi connectivity index (χ1) is 13.5. The van der Waals surface area contributed by atoms with Gasteiger partial charge in [-0.2, -0.15) is 0 Å². The van der Waals surface area contributed by atoms with E-state index in [9.17, 15) is 9.59 Å². The second-order valence-corrected chi connectivity index (χ2v) is 7.02. The van der Waals surface area contributed by atoms with Crippen LogP contribution in [0.25, 0.3) is 0 Å². The molecule has 0 spiro atoms. The quantitative estimate of drug-likeness (QED) is 0.800. The van der Waals surface area contributed by atoms with Gasteiger partial charge in [0, 0.05) is 50.4 Å². The second-order valence-electron chi connectivity index (χ2n) is 7.02. The van der Waals surface area contributed by atoms with Gasteiger partial charge in [0.1, 0.15) is 0 Å². The minimum absolute atomic E-state index is 0.0513. The Morgan fingerprint density at radius 1 is 1.29 bits per heavy atom. The van der Waals surface area contributed by atoms with E-state index in [1.54, 1.807) is 23.4 Å². The van der Waals surface area contributed by atoms with Crippen molar-refractivity contribution in [1.29, 1.82) is 0 Å². The molecule has 1 fully saturated rings. The summed E-state index contributed by atoms with van der Waals surface area (Å²) in [5.41, 5.74) is 3.20. The smallest absolute Gasteiger partial charge is 0.322 e. The Morgan fingerprint density at radius 3 is 2.82 bits per heavy atom. The number of hydrogen-bond donors (Lipinski definition) is 2. The average Bonchev–Trinajstić information content (AvgIpc) is 3.17. The lowest BCUT2D eigenvalue weighted by Crippen LogP contribution is -2.39. The van der Waals surface area contributed by atoms with Gasteiger partial charge in [-0.05, 0) is 49.1 Å². The number of ether oxygens (including phenoxy) is 1. The number of anilines is 2. The Labute approximate surface area is 165 Å². The normalized spacial score (nSPS) is 15.9. The summed E-state index contributed by atoms with van der Waals surface area (Å²) in [6.07, 6.45) is 5.50. The Morgan fingerprint density at radius 2 is 2.14 bits per heavy atom. The third-order valence-corrected chi connectivity index (χ3v) is 4.63. The van der Waals surface area contributed by atoms with Crippen molar-refractivity contribution in [3.63, 3.8) is 0 Å². The molecule has 0 radical (unpaired) electrons. The van der Waals surface area contributed by atoms with Crippen LogP contribution in [0.4, 0.5) is 16.2 Å². The van der Waals surface area contributed by atoms with E-state index in [2.05, 4.69) is 15.6 Å². The van der Waals surface area contributed by atoms with Crippen LogP contribution in [0.1, 0.15) is 30.9 Å². The Kier molecular flexibility index (Phi) is 6.60. The summed E-state index contributed by atoms with van der Waals surface area (Å²) in [7, 11) is 0. The molecule has 1 aliphatic heterocycles. The van der Waals surface area contributed by atoms with Crippen LogP contribution in [0.3, 0.4) is 0 Å². The molecule has 1 atom stereocenters. The Bertz CT molecular complexity index is 820. The number of rotatable bonds is 6. The van der Waals surface area contributed by atoms with E-state index in [4.69, 9.17) is 4.74 Å². The highest BCUT2D eigenvalue weighted by molar-refractivity contribution is 5.93. The molecular weight excluding hydrogens is 356 g/mol. The van der Waals surface area contributed by atoms with Crippen LogP contribution in [0.2, 0.25) is 0 Å². The average molecular weight is 382 g/mol. The molecule has 2 heterocycles. The van der Waals surface area contributed by atoms with Crippen molar-refractivity contribution < 1.29 is 14.3 Å². The first-order valence-electron chi connectivity index (χ1n) is 9.46. The predicted octanol–water partition coefficient (Wildman–Crippen LogP) is 3.56. The zero-order chi connectivity index (χ0) is 19.9. The van der Waals surface area contributed by atoms with E-state index in [0.29, 0.717) is 24.5 Å². The third kappa shape index (κ3) is 5.53. The summed E-state index contributed by atoms with van der Waals surface area (Å²) in [5, 5.41) is 5.72. The number of pyridine rings is 1. The molecular formula is C21H26N4O3. The maximum Gasteiger partial charge on any atom is 0.322 e. The molecule has 1 unspecified atom stereocenters. The summed E-state index contributed by atoms with van der Waals surface area (Å²) in [6, 6.07) is 9.06. The molecule has 3 rings (SSSR count). The van der Waals surface area contributed by atoms with Crippen molar-refractivity contribution in [2.75, 3.05) is 23.8 Å². The van der Waals surface area contributed by atoms with E-state index < -0.39 is 0 Å². The maximum atomic E-state index is 13.0. The molecule has 2 N–H and O–H groups in total. The molecule has 0 aliphatic carbocycles. The highest BCUT2D eigenvalue weighted by Crippen LogP contribution is 2.21.